The van der Waals surface area contributed by atoms with E-state index < -0.39 is 0 Å². The SMILES string of the molecule is CCNC(=NCc1sc(C)nc1C)NCCN(CC)C1CC1. The van der Waals surface area contributed by atoms with Crippen molar-refractivity contribution >= 4 is 17.3 Å². The largest absolute Gasteiger partial charge is 0.357 e. The van der Waals surface area contributed by atoms with Gasteiger partial charge in [0.25, 0.3) is 0 Å². The van der Waals surface area contributed by atoms with Gasteiger partial charge in [-0.1, -0.05) is 6.92 Å². The van der Waals surface area contributed by atoms with Crippen LogP contribution in [0, 0.1) is 13.8 Å². The van der Waals surface area contributed by atoms with Crippen LogP contribution in [-0.4, -0.2) is 48.1 Å². The van der Waals surface area contributed by atoms with Gasteiger partial charge in [0.1, 0.15) is 0 Å². The van der Waals surface area contributed by atoms with Crippen LogP contribution in [0.25, 0.3) is 0 Å². The number of nitrogens with zero attached hydrogens (tertiary/aromatic N) is 3. The van der Waals surface area contributed by atoms with Gasteiger partial charge in [-0.25, -0.2) is 9.98 Å². The van der Waals surface area contributed by atoms with Crippen LogP contribution in [0.3, 0.4) is 0 Å². The molecule has 0 aromatic carbocycles. The molecular formula is C16H29N5S. The monoisotopic (exact) mass is 323 g/mol. The Bertz CT molecular complexity index is 493. The third-order valence-corrected chi connectivity index (χ3v) is 4.94. The predicted molar refractivity (Wildman–Crippen MR) is 94.7 cm³/mol. The van der Waals surface area contributed by atoms with Crippen molar-refractivity contribution in [1.29, 1.82) is 0 Å². The zero-order chi connectivity index (χ0) is 15.9. The quantitative estimate of drug-likeness (QED) is 0.569. The first kappa shape index (κ1) is 17.2. The van der Waals surface area contributed by atoms with Crippen LogP contribution in [-0.2, 0) is 6.54 Å². The molecule has 1 saturated carbocycles. The fourth-order valence-corrected chi connectivity index (χ4v) is 3.43. The van der Waals surface area contributed by atoms with Crippen LogP contribution < -0.4 is 10.6 Å². The maximum atomic E-state index is 4.69. The molecule has 0 unspecified atom stereocenters. The highest BCUT2D eigenvalue weighted by Gasteiger charge is 2.27. The maximum absolute atomic E-state index is 4.69. The summed E-state index contributed by atoms with van der Waals surface area (Å²) in [6.45, 7) is 13.2. The van der Waals surface area contributed by atoms with Crippen molar-refractivity contribution in [3.63, 3.8) is 0 Å². The normalized spacial score (nSPS) is 15.4. The third kappa shape index (κ3) is 5.25. The zero-order valence-electron chi connectivity index (χ0n) is 14.3. The molecule has 22 heavy (non-hydrogen) atoms. The van der Waals surface area contributed by atoms with Gasteiger partial charge in [-0.2, -0.15) is 0 Å². The molecule has 1 fully saturated rings. The lowest BCUT2D eigenvalue weighted by Gasteiger charge is -2.20. The van der Waals surface area contributed by atoms with Crippen LogP contribution in [0.1, 0.15) is 42.3 Å². The molecule has 0 spiro atoms. The minimum atomic E-state index is 0.701. The summed E-state index contributed by atoms with van der Waals surface area (Å²) >= 11 is 1.74. The number of hydrogen-bond acceptors (Lipinski definition) is 4. The summed E-state index contributed by atoms with van der Waals surface area (Å²) in [4.78, 5) is 12.9. The van der Waals surface area contributed by atoms with E-state index in [-0.39, 0.29) is 0 Å². The Morgan fingerprint density at radius 3 is 2.64 bits per heavy atom. The van der Waals surface area contributed by atoms with E-state index in [1.54, 1.807) is 11.3 Å². The van der Waals surface area contributed by atoms with E-state index in [1.807, 2.05) is 6.92 Å². The summed E-state index contributed by atoms with van der Waals surface area (Å²) in [6, 6.07) is 0.828. The molecule has 0 radical (unpaired) electrons. The molecule has 1 aromatic heterocycles. The molecule has 0 amide bonds. The van der Waals surface area contributed by atoms with Crippen LogP contribution in [0.5, 0.6) is 0 Å². The Morgan fingerprint density at radius 1 is 1.32 bits per heavy atom. The molecule has 1 aromatic rings. The van der Waals surface area contributed by atoms with Crippen LogP contribution in [0.15, 0.2) is 4.99 Å². The summed E-state index contributed by atoms with van der Waals surface area (Å²) in [5, 5.41) is 7.88. The van der Waals surface area contributed by atoms with Crippen molar-refractivity contribution in [1.82, 2.24) is 20.5 Å². The van der Waals surface area contributed by atoms with Gasteiger partial charge >= 0.3 is 0 Å². The molecule has 5 nitrogen and oxygen atoms in total. The molecule has 124 valence electrons. The van der Waals surface area contributed by atoms with E-state index >= 15 is 0 Å². The molecule has 0 bridgehead atoms. The van der Waals surface area contributed by atoms with E-state index in [0.717, 1.165) is 48.9 Å². The number of aliphatic imine (C=N–C) groups is 1. The van der Waals surface area contributed by atoms with Crippen molar-refractivity contribution < 1.29 is 0 Å². The van der Waals surface area contributed by atoms with Gasteiger partial charge in [0.2, 0.25) is 0 Å². The molecule has 2 N–H and O–H groups in total. The number of nitrogens with one attached hydrogen (secondary N) is 2. The van der Waals surface area contributed by atoms with Crippen LogP contribution in [0.4, 0.5) is 0 Å². The fourth-order valence-electron chi connectivity index (χ4n) is 2.57. The molecule has 1 aliphatic rings. The van der Waals surface area contributed by atoms with Crippen molar-refractivity contribution in [2.24, 2.45) is 4.99 Å². The Kier molecular flexibility index (Phi) is 6.64. The average molecular weight is 324 g/mol. The van der Waals surface area contributed by atoms with Gasteiger partial charge in [-0.3, -0.25) is 4.90 Å². The number of hydrogen-bond donors (Lipinski definition) is 2. The number of likely N-dealkylation sites (N-methyl/N-ethyl adjacent to an activating group) is 1. The Morgan fingerprint density at radius 2 is 2.09 bits per heavy atom. The first-order valence-corrected chi connectivity index (χ1v) is 9.14. The maximum Gasteiger partial charge on any atom is 0.191 e. The molecular weight excluding hydrogens is 294 g/mol. The second-order valence-corrected chi connectivity index (χ2v) is 7.01. The second kappa shape index (κ2) is 8.48. The molecule has 1 heterocycles. The molecule has 0 aliphatic heterocycles. The van der Waals surface area contributed by atoms with Crippen LogP contribution in [0.2, 0.25) is 0 Å². The van der Waals surface area contributed by atoms with Gasteiger partial charge < -0.3 is 10.6 Å². The van der Waals surface area contributed by atoms with E-state index in [4.69, 9.17) is 0 Å². The molecule has 1 aliphatic carbocycles. The van der Waals surface area contributed by atoms with Gasteiger partial charge in [0.15, 0.2) is 5.96 Å². The van der Waals surface area contributed by atoms with E-state index in [0.29, 0.717) is 6.54 Å². The summed E-state index contributed by atoms with van der Waals surface area (Å²) in [5.41, 5.74) is 1.10. The smallest absolute Gasteiger partial charge is 0.191 e. The molecule has 2 rings (SSSR count). The number of rotatable bonds is 8. The summed E-state index contributed by atoms with van der Waals surface area (Å²) in [5.74, 6) is 0.903. The van der Waals surface area contributed by atoms with Crippen LogP contribution >= 0.6 is 11.3 Å². The lowest BCUT2D eigenvalue weighted by Crippen LogP contribution is -2.42. The molecule has 6 heteroatoms. The standard InChI is InChI=1S/C16H29N5S/c1-5-17-16(18-9-10-21(6-2)14-7-8-14)19-11-15-12(3)20-13(4)22-15/h14H,5-11H2,1-4H3,(H2,17,18,19). The van der Waals surface area contributed by atoms with Crippen molar-refractivity contribution in [3.8, 4) is 0 Å². The van der Waals surface area contributed by atoms with Gasteiger partial charge in [0, 0.05) is 30.6 Å². The van der Waals surface area contributed by atoms with Crippen molar-refractivity contribution in [2.45, 2.75) is 53.1 Å². The highest BCUT2D eigenvalue weighted by molar-refractivity contribution is 7.11. The number of thiazole rings is 1. The van der Waals surface area contributed by atoms with E-state index in [2.05, 4.69) is 46.3 Å². The number of aromatic nitrogens is 1. The minimum Gasteiger partial charge on any atom is -0.357 e. The Hall–Kier alpha value is -1.14. The summed E-state index contributed by atoms with van der Waals surface area (Å²) < 4.78 is 0. The number of aryl methyl sites for hydroxylation is 2. The van der Waals surface area contributed by atoms with Gasteiger partial charge in [-0.15, -0.1) is 11.3 Å². The summed E-state index contributed by atoms with van der Waals surface area (Å²) in [6.07, 6.45) is 2.73. The Balaban J connectivity index is 1.82. The van der Waals surface area contributed by atoms with Crippen molar-refractivity contribution in [2.75, 3.05) is 26.2 Å². The summed E-state index contributed by atoms with van der Waals surface area (Å²) in [7, 11) is 0. The highest BCUT2D eigenvalue weighted by atomic mass is 32.1. The second-order valence-electron chi connectivity index (χ2n) is 5.72. The molecule has 0 atom stereocenters. The lowest BCUT2D eigenvalue weighted by molar-refractivity contribution is 0.282. The third-order valence-electron chi connectivity index (χ3n) is 3.89. The average Bonchev–Trinajstić information content (AvgIpc) is 3.27. The number of guanidine groups is 1. The van der Waals surface area contributed by atoms with Gasteiger partial charge in [-0.05, 0) is 40.2 Å². The molecule has 0 saturated heterocycles. The zero-order valence-corrected chi connectivity index (χ0v) is 15.1. The minimum absolute atomic E-state index is 0.701. The van der Waals surface area contributed by atoms with Gasteiger partial charge in [0.05, 0.1) is 17.2 Å². The predicted octanol–water partition coefficient (Wildman–Crippen LogP) is 2.30. The van der Waals surface area contributed by atoms with Crippen molar-refractivity contribution in [3.05, 3.63) is 15.6 Å². The lowest BCUT2D eigenvalue weighted by atomic mass is 10.4. The fraction of sp³-hybridized carbons (Fsp3) is 0.750. The highest BCUT2D eigenvalue weighted by Crippen LogP contribution is 2.25. The first-order chi connectivity index (χ1) is 10.6. The van der Waals surface area contributed by atoms with E-state index in [1.165, 1.54) is 17.7 Å². The topological polar surface area (TPSA) is 52.6 Å². The van der Waals surface area contributed by atoms with E-state index in [9.17, 15) is 0 Å². The Labute approximate surface area is 138 Å². The first-order valence-electron chi connectivity index (χ1n) is 8.33.